The number of aliphatic hydroxyl groups excluding tert-OH is 1. The molecule has 0 radical (unpaired) electrons. The number of aliphatic hydroxyl groups is 1. The van der Waals surface area contributed by atoms with E-state index >= 15 is 0 Å². The van der Waals surface area contributed by atoms with Crippen molar-refractivity contribution in [2.45, 2.75) is 49.2 Å². The topological polar surface area (TPSA) is 20.2 Å². The molecule has 0 saturated carbocycles. The smallest absolute Gasteiger partial charge is 0.195 e. The molecular formula is C21H24NOS+. The maximum absolute atomic E-state index is 9.89. The summed E-state index contributed by atoms with van der Waals surface area (Å²) in [6.07, 6.45) is 1.89. The van der Waals surface area contributed by atoms with E-state index in [1.54, 1.807) is 0 Å². The van der Waals surface area contributed by atoms with Crippen LogP contribution in [0.3, 0.4) is 0 Å². The summed E-state index contributed by atoms with van der Waals surface area (Å²) in [5.41, 5.74) is 5.68. The molecule has 0 aliphatic carbocycles. The minimum Gasteiger partial charge on any atom is -0.396 e. The Balaban J connectivity index is 1.90. The molecule has 1 saturated heterocycles. The van der Waals surface area contributed by atoms with Gasteiger partial charge in [0.2, 0.25) is 0 Å². The Kier molecular flexibility index (Phi) is 2.79. The van der Waals surface area contributed by atoms with Crippen molar-refractivity contribution >= 4 is 12.6 Å². The maximum Gasteiger partial charge on any atom is 0.195 e. The van der Waals surface area contributed by atoms with Gasteiger partial charge in [-0.15, -0.1) is 12.6 Å². The Hall–Kier alpha value is -1.29. The molecular weight excluding hydrogens is 314 g/mol. The lowest BCUT2D eigenvalue weighted by molar-refractivity contribution is -0.908. The van der Waals surface area contributed by atoms with Crippen LogP contribution in [0.2, 0.25) is 0 Å². The predicted octanol–water partition coefficient (Wildman–Crippen LogP) is 4.09. The zero-order valence-electron chi connectivity index (χ0n) is 14.2. The summed E-state index contributed by atoms with van der Waals surface area (Å²) >= 11 is 5.14. The zero-order valence-corrected chi connectivity index (χ0v) is 15.1. The highest BCUT2D eigenvalue weighted by molar-refractivity contribution is 7.81. The van der Waals surface area contributed by atoms with Crippen LogP contribution in [0.15, 0.2) is 48.5 Å². The maximum atomic E-state index is 9.89. The number of quaternary nitrogens is 1. The van der Waals surface area contributed by atoms with Crippen molar-refractivity contribution in [2.75, 3.05) is 6.61 Å². The molecule has 124 valence electrons. The third-order valence-corrected chi connectivity index (χ3v) is 8.07. The number of hydrogen-bond acceptors (Lipinski definition) is 2. The highest BCUT2D eigenvalue weighted by atomic mass is 32.1. The standard InChI is InChI=1S/C21H23NOS/c1-3-18-14-8-4-5-9-15(14)20(2)16-10-6-7-11-17(16)21(12-13-23)19(24)22(18,20)21/h4-11,18-19,23H,3,12-13H2,1-2H3/p+1/t18-,19?,20?,21+,22?/m0/s1. The Morgan fingerprint density at radius 3 is 2.33 bits per heavy atom. The molecule has 1 N–H and O–H groups in total. The van der Waals surface area contributed by atoms with Gasteiger partial charge in [-0.1, -0.05) is 55.5 Å². The average molecular weight is 338 g/mol. The summed E-state index contributed by atoms with van der Waals surface area (Å²) < 4.78 is 0.971. The molecule has 2 aromatic carbocycles. The van der Waals surface area contributed by atoms with Crippen LogP contribution >= 0.6 is 12.6 Å². The number of hydrogen-bond donors (Lipinski definition) is 2. The highest BCUT2D eigenvalue weighted by Crippen LogP contribution is 2.82. The molecule has 0 amide bonds. The van der Waals surface area contributed by atoms with Gasteiger partial charge in [-0.25, -0.2) is 0 Å². The van der Waals surface area contributed by atoms with E-state index in [4.69, 9.17) is 12.6 Å². The van der Waals surface area contributed by atoms with Crippen LogP contribution in [-0.2, 0) is 11.1 Å². The Bertz CT molecular complexity index is 851. The fraction of sp³-hybridized carbons (Fsp3) is 0.429. The van der Waals surface area contributed by atoms with Gasteiger partial charge in [-0.3, -0.25) is 4.48 Å². The Morgan fingerprint density at radius 1 is 1.04 bits per heavy atom. The predicted molar refractivity (Wildman–Crippen MR) is 98.8 cm³/mol. The fourth-order valence-corrected chi connectivity index (χ4v) is 7.61. The molecule has 2 nitrogen and oxygen atoms in total. The fourth-order valence-electron chi connectivity index (χ4n) is 6.62. The van der Waals surface area contributed by atoms with E-state index in [1.165, 1.54) is 22.3 Å². The van der Waals surface area contributed by atoms with E-state index in [0.29, 0.717) is 6.04 Å². The first-order valence-electron chi connectivity index (χ1n) is 8.99. The zero-order chi connectivity index (χ0) is 16.7. The number of thiol groups is 1. The third kappa shape index (κ3) is 1.18. The quantitative estimate of drug-likeness (QED) is 0.491. The molecule has 5 atom stereocenters. The average Bonchev–Trinajstić information content (AvgIpc) is 2.95. The van der Waals surface area contributed by atoms with Gasteiger partial charge in [0.1, 0.15) is 6.04 Å². The molecule has 3 heteroatoms. The van der Waals surface area contributed by atoms with E-state index in [0.717, 1.165) is 17.3 Å². The van der Waals surface area contributed by atoms with Gasteiger partial charge < -0.3 is 5.11 Å². The molecule has 2 aromatic rings. The van der Waals surface area contributed by atoms with E-state index in [9.17, 15) is 5.11 Å². The molecule has 0 aromatic heterocycles. The largest absolute Gasteiger partial charge is 0.396 e. The number of rotatable bonds is 3. The second-order valence-corrected chi connectivity index (χ2v) is 8.17. The van der Waals surface area contributed by atoms with Gasteiger partial charge in [0.25, 0.3) is 0 Å². The van der Waals surface area contributed by atoms with E-state index in [2.05, 4.69) is 62.4 Å². The Morgan fingerprint density at radius 2 is 1.67 bits per heavy atom. The van der Waals surface area contributed by atoms with Gasteiger partial charge in [-0.05, 0) is 6.92 Å². The van der Waals surface area contributed by atoms with Gasteiger partial charge in [-0.2, -0.15) is 0 Å². The molecule has 3 heterocycles. The van der Waals surface area contributed by atoms with Crippen LogP contribution in [0.25, 0.3) is 0 Å². The van der Waals surface area contributed by atoms with Gasteiger partial charge in [0.15, 0.2) is 16.5 Å². The van der Waals surface area contributed by atoms with Gasteiger partial charge in [0, 0.05) is 41.7 Å². The summed E-state index contributed by atoms with van der Waals surface area (Å²) in [6.45, 7) is 4.93. The minimum absolute atomic E-state index is 0.0527. The van der Waals surface area contributed by atoms with Crippen molar-refractivity contribution in [1.29, 1.82) is 0 Å². The van der Waals surface area contributed by atoms with Gasteiger partial charge in [0.05, 0.1) is 0 Å². The number of nitrogens with zero attached hydrogens (tertiary/aromatic N) is 1. The molecule has 1 fully saturated rings. The second-order valence-electron chi connectivity index (χ2n) is 7.68. The van der Waals surface area contributed by atoms with Crippen LogP contribution in [0, 0.1) is 0 Å². The summed E-state index contributed by atoms with van der Waals surface area (Å²) in [7, 11) is 0. The van der Waals surface area contributed by atoms with Crippen molar-refractivity contribution in [1.82, 2.24) is 0 Å². The van der Waals surface area contributed by atoms with E-state index in [-0.39, 0.29) is 23.1 Å². The summed E-state index contributed by atoms with van der Waals surface area (Å²) in [4.78, 5) is 0. The first-order chi connectivity index (χ1) is 11.6. The lowest BCUT2D eigenvalue weighted by Crippen LogP contribution is -2.44. The Labute approximate surface area is 149 Å². The summed E-state index contributed by atoms with van der Waals surface area (Å²) in [6, 6.07) is 18.3. The second kappa shape index (κ2) is 4.46. The van der Waals surface area contributed by atoms with E-state index < -0.39 is 0 Å². The molecule has 1 spiro atoms. The molecule has 0 bridgehead atoms. The van der Waals surface area contributed by atoms with Crippen molar-refractivity contribution in [3.8, 4) is 0 Å². The van der Waals surface area contributed by atoms with E-state index in [1.807, 2.05) is 0 Å². The molecule has 3 unspecified atom stereocenters. The highest BCUT2D eigenvalue weighted by Gasteiger charge is 2.92. The van der Waals surface area contributed by atoms with Crippen molar-refractivity contribution in [2.24, 2.45) is 0 Å². The molecule has 3 aliphatic rings. The van der Waals surface area contributed by atoms with Crippen LogP contribution in [0.4, 0.5) is 0 Å². The summed E-state index contributed by atoms with van der Waals surface area (Å²) in [5.74, 6) is 0. The van der Waals surface area contributed by atoms with Gasteiger partial charge >= 0.3 is 0 Å². The SMILES string of the molecule is CC[C@H]1c2ccccc2C2(C)c3ccccc3[C@]3(CCO)C(S)[N+]123. The number of benzene rings is 2. The lowest BCUT2D eigenvalue weighted by atomic mass is 9.81. The third-order valence-electron chi connectivity index (χ3n) is 7.28. The van der Waals surface area contributed by atoms with Crippen LogP contribution < -0.4 is 0 Å². The van der Waals surface area contributed by atoms with Crippen LogP contribution in [-0.4, -0.2) is 21.6 Å². The van der Waals surface area contributed by atoms with Crippen LogP contribution in [0.1, 0.15) is 55.0 Å². The monoisotopic (exact) mass is 338 g/mol. The number of fused-ring (bicyclic) bond motifs is 5. The lowest BCUT2D eigenvalue weighted by Gasteiger charge is -2.36. The molecule has 5 rings (SSSR count). The first-order valence-corrected chi connectivity index (χ1v) is 9.51. The van der Waals surface area contributed by atoms with Crippen molar-refractivity contribution in [3.05, 3.63) is 70.8 Å². The molecule has 3 aliphatic heterocycles. The first kappa shape index (κ1) is 15.0. The minimum atomic E-state index is -0.0601. The normalized spacial score (nSPS) is 40.7. The van der Waals surface area contributed by atoms with Crippen LogP contribution in [0.5, 0.6) is 0 Å². The summed E-state index contributed by atoms with van der Waals surface area (Å²) in [5, 5.41) is 10.1. The molecule has 24 heavy (non-hydrogen) atoms. The van der Waals surface area contributed by atoms with Crippen molar-refractivity contribution < 1.29 is 9.59 Å². The van der Waals surface area contributed by atoms with Crippen molar-refractivity contribution in [3.63, 3.8) is 0 Å².